The number of nitrogens with one attached hydrogen (secondary N) is 2. The number of piperidine rings is 1. The van der Waals surface area contributed by atoms with Gasteiger partial charge in [0.25, 0.3) is 10.2 Å². The van der Waals surface area contributed by atoms with Gasteiger partial charge in [0.15, 0.2) is 0 Å². The van der Waals surface area contributed by atoms with E-state index in [1.807, 2.05) is 13.8 Å². The predicted molar refractivity (Wildman–Crippen MR) is 81.8 cm³/mol. The monoisotopic (exact) mass is 303 g/mol. The van der Waals surface area contributed by atoms with Crippen molar-refractivity contribution in [2.45, 2.75) is 76.4 Å². The minimum absolute atomic E-state index is 0.0159. The zero-order chi connectivity index (χ0) is 14.8. The number of hydrogen-bond donors (Lipinski definition) is 2. The maximum absolute atomic E-state index is 12.3. The van der Waals surface area contributed by atoms with E-state index in [0.29, 0.717) is 0 Å². The Morgan fingerprint density at radius 3 is 2.50 bits per heavy atom. The Morgan fingerprint density at radius 1 is 1.25 bits per heavy atom. The van der Waals surface area contributed by atoms with E-state index in [2.05, 4.69) is 10.0 Å². The Hall–Kier alpha value is -0.170. The smallest absolute Gasteiger partial charge is 0.279 e. The molecule has 2 fully saturated rings. The summed E-state index contributed by atoms with van der Waals surface area (Å²) < 4.78 is 28.9. The summed E-state index contributed by atoms with van der Waals surface area (Å²) >= 11 is 0. The molecule has 1 aliphatic heterocycles. The van der Waals surface area contributed by atoms with Crippen molar-refractivity contribution < 1.29 is 8.42 Å². The van der Waals surface area contributed by atoms with Crippen LogP contribution in [0, 0.1) is 0 Å². The van der Waals surface area contributed by atoms with Crippen molar-refractivity contribution in [2.24, 2.45) is 0 Å². The zero-order valence-electron chi connectivity index (χ0n) is 13.0. The van der Waals surface area contributed by atoms with Crippen molar-refractivity contribution >= 4 is 10.2 Å². The largest absolute Gasteiger partial charge is 0.311 e. The van der Waals surface area contributed by atoms with Crippen molar-refractivity contribution in [1.82, 2.24) is 14.3 Å². The lowest BCUT2D eigenvalue weighted by atomic mass is 9.75. The van der Waals surface area contributed by atoms with Gasteiger partial charge in [-0.05, 0) is 46.1 Å². The summed E-state index contributed by atoms with van der Waals surface area (Å²) in [6.45, 7) is 4.70. The Labute approximate surface area is 123 Å². The number of nitrogens with zero attached hydrogens (tertiary/aromatic N) is 1. The van der Waals surface area contributed by atoms with Gasteiger partial charge < -0.3 is 5.32 Å². The van der Waals surface area contributed by atoms with Gasteiger partial charge in [-0.3, -0.25) is 0 Å². The third kappa shape index (κ3) is 3.72. The molecule has 2 N–H and O–H groups in total. The minimum Gasteiger partial charge on any atom is -0.311 e. The molecule has 20 heavy (non-hydrogen) atoms. The van der Waals surface area contributed by atoms with Gasteiger partial charge in [0.05, 0.1) is 0 Å². The summed E-state index contributed by atoms with van der Waals surface area (Å²) in [6, 6.07) is 0.0541. The third-order valence-electron chi connectivity index (χ3n) is 4.86. The van der Waals surface area contributed by atoms with Crippen LogP contribution in [-0.2, 0) is 10.2 Å². The molecule has 5 nitrogen and oxygen atoms in total. The quantitative estimate of drug-likeness (QED) is 0.829. The van der Waals surface area contributed by atoms with Crippen LogP contribution in [0.15, 0.2) is 0 Å². The molecule has 1 saturated carbocycles. The summed E-state index contributed by atoms with van der Waals surface area (Å²) in [5, 5.41) is 3.65. The lowest BCUT2D eigenvalue weighted by Crippen LogP contribution is -2.58. The van der Waals surface area contributed by atoms with E-state index < -0.39 is 10.2 Å². The molecule has 0 aromatic carbocycles. The van der Waals surface area contributed by atoms with Crippen LogP contribution in [0.1, 0.15) is 58.8 Å². The molecule has 1 spiro atoms. The van der Waals surface area contributed by atoms with E-state index in [4.69, 9.17) is 0 Å². The highest BCUT2D eigenvalue weighted by molar-refractivity contribution is 7.87. The summed E-state index contributed by atoms with van der Waals surface area (Å²) in [5.41, 5.74) is 0.181. The predicted octanol–water partition coefficient (Wildman–Crippen LogP) is 1.62. The van der Waals surface area contributed by atoms with E-state index in [-0.39, 0.29) is 17.6 Å². The molecule has 1 saturated heterocycles. The zero-order valence-corrected chi connectivity index (χ0v) is 13.8. The first-order chi connectivity index (χ1) is 9.35. The molecule has 2 rings (SSSR count). The highest BCUT2D eigenvalue weighted by atomic mass is 32.2. The molecule has 118 valence electrons. The van der Waals surface area contributed by atoms with Gasteiger partial charge in [0.2, 0.25) is 0 Å². The van der Waals surface area contributed by atoms with Crippen LogP contribution >= 0.6 is 0 Å². The molecule has 1 atom stereocenters. The van der Waals surface area contributed by atoms with Crippen molar-refractivity contribution in [2.75, 3.05) is 13.6 Å². The molecule has 0 aromatic heterocycles. The third-order valence-corrected chi connectivity index (χ3v) is 6.67. The fourth-order valence-electron chi connectivity index (χ4n) is 3.44. The van der Waals surface area contributed by atoms with Gasteiger partial charge in [-0.25, -0.2) is 0 Å². The van der Waals surface area contributed by atoms with E-state index in [1.165, 1.54) is 36.4 Å². The van der Waals surface area contributed by atoms with Crippen molar-refractivity contribution in [3.8, 4) is 0 Å². The van der Waals surface area contributed by atoms with Gasteiger partial charge in [-0.15, -0.1) is 0 Å². The van der Waals surface area contributed by atoms with Gasteiger partial charge in [-0.2, -0.15) is 17.4 Å². The van der Waals surface area contributed by atoms with E-state index >= 15 is 0 Å². The summed E-state index contributed by atoms with van der Waals surface area (Å²) in [7, 11) is -1.72. The highest BCUT2D eigenvalue weighted by Gasteiger charge is 2.38. The SMILES string of the molecule is CC(C)N(C)S(=O)(=O)NC1CCNC2(CCCCC2)C1. The second-order valence-corrected chi connectivity index (χ2v) is 8.45. The average Bonchev–Trinajstić information content (AvgIpc) is 2.38. The molecule has 0 bridgehead atoms. The van der Waals surface area contributed by atoms with Crippen molar-refractivity contribution in [3.05, 3.63) is 0 Å². The van der Waals surface area contributed by atoms with Crippen LogP contribution in [0.4, 0.5) is 0 Å². The molecule has 0 aromatic rings. The molecule has 6 heteroatoms. The first kappa shape index (κ1) is 16.2. The van der Waals surface area contributed by atoms with Crippen LogP contribution in [0.5, 0.6) is 0 Å². The molecular formula is C14H29N3O2S. The van der Waals surface area contributed by atoms with E-state index in [0.717, 1.165) is 19.4 Å². The number of hydrogen-bond acceptors (Lipinski definition) is 3. The van der Waals surface area contributed by atoms with Crippen molar-refractivity contribution in [1.29, 1.82) is 0 Å². The van der Waals surface area contributed by atoms with Crippen molar-refractivity contribution in [3.63, 3.8) is 0 Å². The van der Waals surface area contributed by atoms with Gasteiger partial charge in [0.1, 0.15) is 0 Å². The first-order valence-electron chi connectivity index (χ1n) is 7.85. The Bertz CT molecular complexity index is 411. The fourth-order valence-corrected chi connectivity index (χ4v) is 4.78. The van der Waals surface area contributed by atoms with Crippen LogP contribution in [0.25, 0.3) is 0 Å². The second-order valence-electron chi connectivity index (χ2n) is 6.69. The molecular weight excluding hydrogens is 274 g/mol. The Kier molecular flexibility index (Phi) is 5.10. The molecule has 0 amide bonds. The van der Waals surface area contributed by atoms with Crippen LogP contribution in [0.2, 0.25) is 0 Å². The Morgan fingerprint density at radius 2 is 1.90 bits per heavy atom. The summed E-state index contributed by atoms with van der Waals surface area (Å²) in [5.74, 6) is 0. The summed E-state index contributed by atoms with van der Waals surface area (Å²) in [4.78, 5) is 0. The lowest BCUT2D eigenvalue weighted by molar-refractivity contribution is 0.164. The maximum Gasteiger partial charge on any atom is 0.279 e. The molecule has 1 heterocycles. The standard InChI is InChI=1S/C14H29N3O2S/c1-12(2)17(3)20(18,19)16-13-7-10-15-14(11-13)8-5-4-6-9-14/h12-13,15-16H,4-11H2,1-3H3. The highest BCUT2D eigenvalue weighted by Crippen LogP contribution is 2.34. The van der Waals surface area contributed by atoms with Crippen LogP contribution < -0.4 is 10.0 Å². The lowest BCUT2D eigenvalue weighted by Gasteiger charge is -2.45. The van der Waals surface area contributed by atoms with Crippen LogP contribution in [0.3, 0.4) is 0 Å². The van der Waals surface area contributed by atoms with E-state index in [9.17, 15) is 8.42 Å². The van der Waals surface area contributed by atoms with Gasteiger partial charge in [-0.1, -0.05) is 19.3 Å². The van der Waals surface area contributed by atoms with Crippen LogP contribution in [-0.4, -0.2) is 43.9 Å². The topological polar surface area (TPSA) is 61.4 Å². The fraction of sp³-hybridized carbons (Fsp3) is 1.00. The minimum atomic E-state index is -3.36. The van der Waals surface area contributed by atoms with Gasteiger partial charge >= 0.3 is 0 Å². The van der Waals surface area contributed by atoms with E-state index in [1.54, 1.807) is 7.05 Å². The normalized spacial score (nSPS) is 27.4. The molecule has 1 aliphatic carbocycles. The van der Waals surface area contributed by atoms with Gasteiger partial charge in [0, 0.05) is 24.7 Å². The summed E-state index contributed by atoms with van der Waals surface area (Å²) in [6.07, 6.45) is 8.02. The first-order valence-corrected chi connectivity index (χ1v) is 9.29. The number of rotatable bonds is 4. The Balaban J connectivity index is 1.99. The average molecular weight is 303 g/mol. The molecule has 0 radical (unpaired) electrons. The second kappa shape index (κ2) is 6.30. The molecule has 2 aliphatic rings. The maximum atomic E-state index is 12.3. The molecule has 1 unspecified atom stereocenters.